The number of rotatable bonds is 13. The highest BCUT2D eigenvalue weighted by Gasteiger charge is 2.40. The van der Waals surface area contributed by atoms with Gasteiger partial charge in [-0.3, -0.25) is 24.1 Å². The van der Waals surface area contributed by atoms with Crippen molar-refractivity contribution in [2.24, 2.45) is 11.3 Å². The molecular formula is C35H59N7O4. The molecule has 0 bridgehead atoms. The molecule has 2 aliphatic rings. The van der Waals surface area contributed by atoms with Gasteiger partial charge in [-0.1, -0.05) is 47.1 Å². The van der Waals surface area contributed by atoms with Crippen molar-refractivity contribution in [3.8, 4) is 0 Å². The maximum absolute atomic E-state index is 14.1. The predicted molar refractivity (Wildman–Crippen MR) is 181 cm³/mol. The van der Waals surface area contributed by atoms with Gasteiger partial charge in [-0.25, -0.2) is 4.98 Å². The molecule has 2 N–H and O–H groups in total. The van der Waals surface area contributed by atoms with E-state index in [1.54, 1.807) is 36.3 Å². The molecule has 3 heterocycles. The fraction of sp³-hybridized carbons (Fsp3) is 0.743. The molecule has 4 atom stereocenters. The van der Waals surface area contributed by atoms with Crippen molar-refractivity contribution in [2.45, 2.75) is 131 Å². The Morgan fingerprint density at radius 2 is 1.70 bits per heavy atom. The van der Waals surface area contributed by atoms with Crippen LogP contribution in [-0.4, -0.2) is 105 Å². The third-order valence-electron chi connectivity index (χ3n) is 9.41. The molecule has 258 valence electrons. The zero-order valence-electron chi connectivity index (χ0n) is 29.7. The summed E-state index contributed by atoms with van der Waals surface area (Å²) in [4.78, 5) is 64.1. The fourth-order valence-corrected chi connectivity index (χ4v) is 6.69. The number of hydrogen-bond donors (Lipinski definition) is 2. The minimum Gasteiger partial charge on any atom is -0.354 e. The Morgan fingerprint density at radius 1 is 1.00 bits per heavy atom. The molecule has 11 nitrogen and oxygen atoms in total. The van der Waals surface area contributed by atoms with Gasteiger partial charge in [0, 0.05) is 50.7 Å². The van der Waals surface area contributed by atoms with E-state index in [0.29, 0.717) is 25.1 Å². The zero-order chi connectivity index (χ0) is 34.2. The van der Waals surface area contributed by atoms with Crippen molar-refractivity contribution in [2.75, 3.05) is 26.7 Å². The Bertz CT molecular complexity index is 1200. The molecular weight excluding hydrogens is 582 g/mol. The summed E-state index contributed by atoms with van der Waals surface area (Å²) < 4.78 is 1.97. The first-order valence-corrected chi connectivity index (χ1v) is 17.2. The van der Waals surface area contributed by atoms with E-state index in [-0.39, 0.29) is 47.7 Å². The molecule has 2 fully saturated rings. The molecule has 4 amide bonds. The SMILES string of the molecule is C/C(=C\[C@H](C(C)C)N(C)C(=O)[C@@H](NC(=O)[C@H]1CCCCN1C(C)C)C(C)(C)C)C(=O)N1CCC[C@H]1C(=O)NCCCn1ccnc1. The fourth-order valence-electron chi connectivity index (χ4n) is 6.69. The predicted octanol–water partition coefficient (Wildman–Crippen LogP) is 3.60. The smallest absolute Gasteiger partial charge is 0.249 e. The first-order chi connectivity index (χ1) is 21.6. The lowest BCUT2D eigenvalue weighted by molar-refractivity contribution is -0.142. The number of carbonyl (C=O) groups is 4. The average molecular weight is 642 g/mol. The third kappa shape index (κ3) is 9.65. The van der Waals surface area contributed by atoms with E-state index in [4.69, 9.17) is 0 Å². The van der Waals surface area contributed by atoms with Crippen LogP contribution in [0.3, 0.4) is 0 Å². The van der Waals surface area contributed by atoms with Crippen LogP contribution in [0.15, 0.2) is 30.4 Å². The van der Waals surface area contributed by atoms with Gasteiger partial charge >= 0.3 is 0 Å². The summed E-state index contributed by atoms with van der Waals surface area (Å²) >= 11 is 0. The van der Waals surface area contributed by atoms with Gasteiger partial charge in [0.25, 0.3) is 0 Å². The summed E-state index contributed by atoms with van der Waals surface area (Å²) in [5.41, 5.74) is -0.0205. The van der Waals surface area contributed by atoms with Crippen LogP contribution in [-0.2, 0) is 25.7 Å². The molecule has 0 aromatic carbocycles. The molecule has 0 saturated carbocycles. The minimum absolute atomic E-state index is 0.0102. The number of nitrogens with one attached hydrogen (secondary N) is 2. The van der Waals surface area contributed by atoms with Gasteiger partial charge in [-0.05, 0) is 70.8 Å². The second-order valence-electron chi connectivity index (χ2n) is 14.8. The van der Waals surface area contributed by atoms with E-state index in [0.717, 1.165) is 45.2 Å². The Morgan fingerprint density at radius 3 is 2.30 bits per heavy atom. The number of likely N-dealkylation sites (N-methyl/N-ethyl adjacent to an activating group) is 1. The monoisotopic (exact) mass is 641 g/mol. The number of aryl methyl sites for hydroxylation is 1. The van der Waals surface area contributed by atoms with Crippen molar-refractivity contribution in [3.05, 3.63) is 30.4 Å². The normalized spacial score (nSPS) is 20.9. The topological polar surface area (TPSA) is 120 Å². The standard InChI is InChI=1S/C35H59N7O4/c1-24(2)29(39(9)34(46)30(35(6,7)8)38-32(44)28-14-10-11-19-41(28)25(3)4)22-26(5)33(45)42-20-12-15-27(42)31(43)37-16-13-18-40-21-17-36-23-40/h17,21-25,27-30H,10-16,18-20H2,1-9H3,(H,37,43)(H,38,44)/b26-22+/t27-,28+,29+,30+/m0/s1. The number of carbonyl (C=O) groups excluding carboxylic acids is 4. The van der Waals surface area contributed by atoms with Crippen LogP contribution in [0.25, 0.3) is 0 Å². The molecule has 11 heteroatoms. The molecule has 0 spiro atoms. The number of piperidine rings is 1. The van der Waals surface area contributed by atoms with Crippen LogP contribution >= 0.6 is 0 Å². The second-order valence-corrected chi connectivity index (χ2v) is 14.8. The molecule has 3 rings (SSSR count). The largest absolute Gasteiger partial charge is 0.354 e. The van der Waals surface area contributed by atoms with Gasteiger partial charge in [-0.15, -0.1) is 0 Å². The van der Waals surface area contributed by atoms with Gasteiger partial charge in [0.2, 0.25) is 23.6 Å². The minimum atomic E-state index is -0.730. The summed E-state index contributed by atoms with van der Waals surface area (Å²) in [5, 5.41) is 6.14. The van der Waals surface area contributed by atoms with E-state index >= 15 is 0 Å². The maximum atomic E-state index is 14.1. The molecule has 46 heavy (non-hydrogen) atoms. The first-order valence-electron chi connectivity index (χ1n) is 17.2. The van der Waals surface area contributed by atoms with Crippen LogP contribution in [0, 0.1) is 11.3 Å². The highest BCUT2D eigenvalue weighted by molar-refractivity contribution is 5.97. The first kappa shape index (κ1) is 37.2. The van der Waals surface area contributed by atoms with Crippen LogP contribution in [0.5, 0.6) is 0 Å². The molecule has 0 radical (unpaired) electrons. The Hall–Kier alpha value is -3.21. The van der Waals surface area contributed by atoms with Crippen LogP contribution < -0.4 is 10.6 Å². The Labute approximate surface area is 276 Å². The van der Waals surface area contributed by atoms with E-state index in [1.807, 2.05) is 51.5 Å². The lowest BCUT2D eigenvalue weighted by Gasteiger charge is -2.41. The number of imidazole rings is 1. The van der Waals surface area contributed by atoms with E-state index in [1.165, 1.54) is 0 Å². The number of aromatic nitrogens is 2. The van der Waals surface area contributed by atoms with E-state index < -0.39 is 17.5 Å². The van der Waals surface area contributed by atoms with Crippen molar-refractivity contribution >= 4 is 23.6 Å². The van der Waals surface area contributed by atoms with E-state index in [9.17, 15) is 19.2 Å². The van der Waals surface area contributed by atoms with Gasteiger partial charge in [0.1, 0.15) is 12.1 Å². The number of amides is 4. The lowest BCUT2D eigenvalue weighted by Crippen LogP contribution is -2.60. The second kappa shape index (κ2) is 16.6. The molecule has 2 saturated heterocycles. The number of hydrogen-bond acceptors (Lipinski definition) is 6. The van der Waals surface area contributed by atoms with Crippen molar-refractivity contribution in [1.82, 2.24) is 34.9 Å². The summed E-state index contributed by atoms with van der Waals surface area (Å²) in [6.45, 7) is 18.6. The molecule has 0 aliphatic carbocycles. The molecule has 2 aliphatic heterocycles. The Balaban J connectivity index is 1.69. The number of nitrogens with zero attached hydrogens (tertiary/aromatic N) is 5. The summed E-state index contributed by atoms with van der Waals surface area (Å²) in [6.07, 6.45) is 12.2. The van der Waals surface area contributed by atoms with Gasteiger partial charge in [-0.2, -0.15) is 0 Å². The van der Waals surface area contributed by atoms with Crippen molar-refractivity contribution < 1.29 is 19.2 Å². The maximum Gasteiger partial charge on any atom is 0.249 e. The lowest BCUT2D eigenvalue weighted by atomic mass is 9.84. The van der Waals surface area contributed by atoms with Crippen molar-refractivity contribution in [3.63, 3.8) is 0 Å². The quantitative estimate of drug-likeness (QED) is 0.251. The molecule has 0 unspecified atom stereocenters. The summed E-state index contributed by atoms with van der Waals surface area (Å²) in [6, 6.07) is -1.62. The van der Waals surface area contributed by atoms with Crippen LogP contribution in [0.4, 0.5) is 0 Å². The van der Waals surface area contributed by atoms with E-state index in [2.05, 4.69) is 34.4 Å². The van der Waals surface area contributed by atoms with Crippen LogP contribution in [0.2, 0.25) is 0 Å². The van der Waals surface area contributed by atoms with Gasteiger partial charge < -0.3 is 25.0 Å². The van der Waals surface area contributed by atoms with Crippen LogP contribution in [0.1, 0.15) is 93.9 Å². The van der Waals surface area contributed by atoms with Gasteiger partial charge in [0.15, 0.2) is 0 Å². The zero-order valence-corrected chi connectivity index (χ0v) is 29.7. The Kier molecular flexibility index (Phi) is 13.4. The number of likely N-dealkylation sites (tertiary alicyclic amines) is 2. The van der Waals surface area contributed by atoms with Gasteiger partial charge in [0.05, 0.1) is 18.4 Å². The molecule has 1 aromatic rings. The third-order valence-corrected chi connectivity index (χ3v) is 9.41. The highest BCUT2D eigenvalue weighted by Crippen LogP contribution is 2.27. The summed E-state index contributed by atoms with van der Waals surface area (Å²) in [5.74, 6) is -0.588. The average Bonchev–Trinajstić information content (AvgIpc) is 3.71. The van der Waals surface area contributed by atoms with Crippen molar-refractivity contribution in [1.29, 1.82) is 0 Å². The molecule has 1 aromatic heterocycles. The summed E-state index contributed by atoms with van der Waals surface area (Å²) in [7, 11) is 1.75. The highest BCUT2D eigenvalue weighted by atomic mass is 16.2.